The lowest BCUT2D eigenvalue weighted by Crippen LogP contribution is -2.19. The normalized spacial score (nSPS) is 13.4. The summed E-state index contributed by atoms with van der Waals surface area (Å²) in [5.74, 6) is 0.674. The van der Waals surface area contributed by atoms with E-state index in [9.17, 15) is 0 Å². The molecule has 0 aliphatic carbocycles. The fourth-order valence-corrected chi connectivity index (χ4v) is 1.81. The van der Waals surface area contributed by atoms with Crippen LogP contribution in [0.3, 0.4) is 0 Å². The number of hydrogen-bond acceptors (Lipinski definition) is 2. The van der Waals surface area contributed by atoms with E-state index in [-0.39, 0.29) is 12.1 Å². The first-order valence-corrected chi connectivity index (χ1v) is 6.45. The minimum absolute atomic E-state index is 0.0236. The molecule has 96 valence electrons. The minimum atomic E-state index is -0.0236. The first-order chi connectivity index (χ1) is 7.99. The van der Waals surface area contributed by atoms with Gasteiger partial charge in [-0.25, -0.2) is 0 Å². The quantitative estimate of drug-likeness (QED) is 0.821. The Morgan fingerprint density at radius 1 is 1.18 bits per heavy atom. The van der Waals surface area contributed by atoms with Gasteiger partial charge in [-0.1, -0.05) is 38.1 Å². The lowest BCUT2D eigenvalue weighted by Gasteiger charge is -2.16. The van der Waals surface area contributed by atoms with Crippen LogP contribution in [0.2, 0.25) is 0 Å². The summed E-state index contributed by atoms with van der Waals surface area (Å²) in [6.07, 6.45) is 1.34. The summed E-state index contributed by atoms with van der Waals surface area (Å²) in [7, 11) is 0. The lowest BCUT2D eigenvalue weighted by molar-refractivity contribution is 0.0683. The molecule has 2 N–H and O–H groups in total. The summed E-state index contributed by atoms with van der Waals surface area (Å²) >= 11 is 0. The molecule has 0 amide bonds. The van der Waals surface area contributed by atoms with Crippen LogP contribution in [0.5, 0.6) is 0 Å². The van der Waals surface area contributed by atoms with Gasteiger partial charge in [0.2, 0.25) is 0 Å². The minimum Gasteiger partial charge on any atom is -0.377 e. The van der Waals surface area contributed by atoms with Gasteiger partial charge >= 0.3 is 0 Å². The van der Waals surface area contributed by atoms with Gasteiger partial charge < -0.3 is 10.5 Å². The number of rotatable bonds is 6. The highest BCUT2D eigenvalue weighted by Gasteiger charge is 2.08. The van der Waals surface area contributed by atoms with E-state index in [2.05, 4.69) is 38.1 Å². The average molecular weight is 235 g/mol. The van der Waals surface area contributed by atoms with Crippen molar-refractivity contribution < 1.29 is 4.74 Å². The predicted molar refractivity (Wildman–Crippen MR) is 73.0 cm³/mol. The highest BCUT2D eigenvalue weighted by atomic mass is 16.5. The summed E-state index contributed by atoms with van der Waals surface area (Å²) in [5, 5.41) is 0. The van der Waals surface area contributed by atoms with E-state index < -0.39 is 0 Å². The molecule has 17 heavy (non-hydrogen) atoms. The average Bonchev–Trinajstić information content (AvgIpc) is 2.25. The molecule has 1 aromatic rings. The molecule has 2 heteroatoms. The smallest absolute Gasteiger partial charge is 0.0662 e. The zero-order valence-corrected chi connectivity index (χ0v) is 11.4. The summed E-state index contributed by atoms with van der Waals surface area (Å²) in [6, 6.07) is 8.51. The van der Waals surface area contributed by atoms with E-state index in [1.54, 1.807) is 0 Å². The van der Waals surface area contributed by atoms with Crippen LogP contribution in [-0.4, -0.2) is 12.7 Å². The number of nitrogens with two attached hydrogens (primary N) is 1. The maximum Gasteiger partial charge on any atom is 0.0662 e. The Bertz CT molecular complexity index is 333. The monoisotopic (exact) mass is 235 g/mol. The molecular weight excluding hydrogens is 210 g/mol. The van der Waals surface area contributed by atoms with E-state index in [0.717, 1.165) is 6.42 Å². The Hall–Kier alpha value is -0.860. The second-order valence-corrected chi connectivity index (χ2v) is 5.33. The van der Waals surface area contributed by atoms with Crippen molar-refractivity contribution in [3.8, 4) is 0 Å². The molecule has 2 nitrogen and oxygen atoms in total. The molecule has 0 bridgehead atoms. The van der Waals surface area contributed by atoms with E-state index >= 15 is 0 Å². The van der Waals surface area contributed by atoms with Gasteiger partial charge in [-0.3, -0.25) is 0 Å². The van der Waals surface area contributed by atoms with Gasteiger partial charge in [0.15, 0.2) is 0 Å². The van der Waals surface area contributed by atoms with Crippen LogP contribution in [0.4, 0.5) is 0 Å². The van der Waals surface area contributed by atoms with Crippen molar-refractivity contribution in [1.82, 2.24) is 0 Å². The van der Waals surface area contributed by atoms with Crippen molar-refractivity contribution in [2.24, 2.45) is 11.7 Å². The third kappa shape index (κ3) is 5.33. The van der Waals surface area contributed by atoms with Gasteiger partial charge in [0.05, 0.1) is 18.8 Å². The molecule has 0 spiro atoms. The summed E-state index contributed by atoms with van der Waals surface area (Å²) in [4.78, 5) is 0. The van der Waals surface area contributed by atoms with E-state index in [1.165, 1.54) is 11.1 Å². The number of benzene rings is 1. The van der Waals surface area contributed by atoms with Gasteiger partial charge in [-0.2, -0.15) is 0 Å². The highest BCUT2D eigenvalue weighted by molar-refractivity contribution is 5.26. The second-order valence-electron chi connectivity index (χ2n) is 5.33. The van der Waals surface area contributed by atoms with Crippen molar-refractivity contribution in [3.05, 3.63) is 35.4 Å². The molecule has 0 saturated heterocycles. The molecule has 1 rings (SSSR count). The van der Waals surface area contributed by atoms with E-state index in [1.807, 2.05) is 13.8 Å². The summed E-state index contributed by atoms with van der Waals surface area (Å²) < 4.78 is 5.55. The van der Waals surface area contributed by atoms with Gasteiger partial charge in [-0.15, -0.1) is 0 Å². The van der Waals surface area contributed by atoms with Crippen molar-refractivity contribution in [2.45, 2.75) is 46.3 Å². The van der Waals surface area contributed by atoms with Gasteiger partial charge in [0.25, 0.3) is 0 Å². The van der Waals surface area contributed by atoms with Gasteiger partial charge in [0, 0.05) is 0 Å². The van der Waals surface area contributed by atoms with Crippen molar-refractivity contribution in [1.29, 1.82) is 0 Å². The maximum absolute atomic E-state index is 6.12. The Kier molecular flexibility index (Phi) is 5.66. The third-order valence-corrected chi connectivity index (χ3v) is 2.63. The molecule has 1 atom stereocenters. The van der Waals surface area contributed by atoms with Crippen LogP contribution in [-0.2, 0) is 11.2 Å². The predicted octanol–water partition coefficient (Wildman–Crippen LogP) is 3.31. The number of hydrogen-bond donors (Lipinski definition) is 1. The van der Waals surface area contributed by atoms with Crippen molar-refractivity contribution in [3.63, 3.8) is 0 Å². The fraction of sp³-hybridized carbons (Fsp3) is 0.600. The lowest BCUT2D eigenvalue weighted by atomic mass is 9.99. The summed E-state index contributed by atoms with van der Waals surface area (Å²) in [5.41, 5.74) is 8.65. The zero-order chi connectivity index (χ0) is 12.8. The molecular formula is C15H25NO. The van der Waals surface area contributed by atoms with Gasteiger partial charge in [-0.05, 0) is 37.3 Å². The molecule has 0 fully saturated rings. The topological polar surface area (TPSA) is 35.2 Å². The third-order valence-electron chi connectivity index (χ3n) is 2.63. The molecule has 0 saturated carbocycles. The molecule has 1 unspecified atom stereocenters. The van der Waals surface area contributed by atoms with Crippen LogP contribution in [0.25, 0.3) is 0 Å². The Labute approximate surface area is 105 Å². The Balaban J connectivity index is 2.63. The molecule has 1 aromatic carbocycles. The van der Waals surface area contributed by atoms with E-state index in [4.69, 9.17) is 10.5 Å². The first-order valence-electron chi connectivity index (χ1n) is 6.45. The van der Waals surface area contributed by atoms with Crippen molar-refractivity contribution in [2.75, 3.05) is 6.61 Å². The maximum atomic E-state index is 6.12. The summed E-state index contributed by atoms with van der Waals surface area (Å²) in [6.45, 7) is 9.11. The van der Waals surface area contributed by atoms with Crippen LogP contribution < -0.4 is 5.73 Å². The highest BCUT2D eigenvalue weighted by Crippen LogP contribution is 2.16. The molecule has 0 aromatic heterocycles. The van der Waals surface area contributed by atoms with E-state index in [0.29, 0.717) is 12.5 Å². The zero-order valence-electron chi connectivity index (χ0n) is 11.4. The number of ether oxygens (including phenoxy) is 1. The first kappa shape index (κ1) is 14.2. The molecule has 0 heterocycles. The fourth-order valence-electron chi connectivity index (χ4n) is 1.81. The standard InChI is InChI=1S/C15H25NO/c1-11(2)8-13-6-5-7-14(9-13)15(16)10-17-12(3)4/h5-7,9,11-12,15H,8,10,16H2,1-4H3. The van der Waals surface area contributed by atoms with Crippen LogP contribution in [0, 0.1) is 5.92 Å². The second kappa shape index (κ2) is 6.77. The van der Waals surface area contributed by atoms with Crippen LogP contribution >= 0.6 is 0 Å². The molecule has 0 radical (unpaired) electrons. The van der Waals surface area contributed by atoms with Crippen molar-refractivity contribution >= 4 is 0 Å². The SMILES string of the molecule is CC(C)Cc1cccc(C(N)COC(C)C)c1. The largest absolute Gasteiger partial charge is 0.377 e. The van der Waals surface area contributed by atoms with Gasteiger partial charge in [0.1, 0.15) is 0 Å². The molecule has 0 aliphatic rings. The van der Waals surface area contributed by atoms with Crippen LogP contribution in [0.1, 0.15) is 44.9 Å². The molecule has 0 aliphatic heterocycles. The van der Waals surface area contributed by atoms with Crippen LogP contribution in [0.15, 0.2) is 24.3 Å². The Morgan fingerprint density at radius 2 is 1.88 bits per heavy atom. The Morgan fingerprint density at radius 3 is 2.47 bits per heavy atom.